The monoisotopic (exact) mass is 291 g/mol. The van der Waals surface area contributed by atoms with Gasteiger partial charge in [-0.25, -0.2) is 0 Å². The molecule has 0 spiro atoms. The molecule has 1 heterocycles. The van der Waals surface area contributed by atoms with Gasteiger partial charge in [0.1, 0.15) is 12.2 Å². The Morgan fingerprint density at radius 1 is 1.50 bits per heavy atom. The van der Waals surface area contributed by atoms with Gasteiger partial charge in [-0.1, -0.05) is 0 Å². The number of nitrogens with one attached hydrogen (secondary N) is 1. The van der Waals surface area contributed by atoms with Gasteiger partial charge in [0.25, 0.3) is 5.91 Å². The predicted octanol–water partition coefficient (Wildman–Crippen LogP) is 1.51. The maximum atomic E-state index is 12.4. The molecule has 8 heteroatoms. The quantitative estimate of drug-likeness (QED) is 0.834. The van der Waals surface area contributed by atoms with Gasteiger partial charge in [-0.2, -0.15) is 13.2 Å². The van der Waals surface area contributed by atoms with E-state index in [-0.39, 0.29) is 5.69 Å². The van der Waals surface area contributed by atoms with Gasteiger partial charge in [-0.05, 0) is 19.1 Å². The molecule has 1 rings (SSSR count). The Morgan fingerprint density at radius 2 is 2.20 bits per heavy atom. The highest BCUT2D eigenvalue weighted by atomic mass is 19.4. The average Bonchev–Trinajstić information content (AvgIpc) is 2.36. The van der Waals surface area contributed by atoms with E-state index in [0.29, 0.717) is 17.1 Å². The molecule has 1 amide bonds. The molecule has 0 aromatic carbocycles. The highest BCUT2D eigenvalue weighted by Gasteiger charge is 2.33. The Hall–Kier alpha value is -1.83. The average molecular weight is 291 g/mol. The van der Waals surface area contributed by atoms with E-state index in [1.54, 1.807) is 6.07 Å². The van der Waals surface area contributed by atoms with Crippen LogP contribution in [-0.2, 0) is 0 Å². The van der Waals surface area contributed by atoms with Crippen molar-refractivity contribution in [1.29, 1.82) is 0 Å². The number of anilines is 1. The Bertz CT molecular complexity index is 452. The van der Waals surface area contributed by atoms with Crippen LogP contribution in [-0.4, -0.2) is 53.3 Å². The number of nitrogens with zero attached hydrogens (tertiary/aromatic N) is 2. The molecule has 0 fully saturated rings. The molecule has 1 aromatic rings. The van der Waals surface area contributed by atoms with E-state index in [1.807, 2.05) is 6.92 Å². The smallest absolute Gasteiger partial charge is 0.395 e. The minimum Gasteiger partial charge on any atom is -0.395 e. The molecule has 20 heavy (non-hydrogen) atoms. The van der Waals surface area contributed by atoms with Gasteiger partial charge in [0.15, 0.2) is 0 Å². The third-order valence-electron chi connectivity index (χ3n) is 2.39. The summed E-state index contributed by atoms with van der Waals surface area (Å²) in [4.78, 5) is 16.3. The summed E-state index contributed by atoms with van der Waals surface area (Å²) in [6, 6.07) is 2.99. The largest absolute Gasteiger partial charge is 0.406 e. The molecule has 0 atom stereocenters. The molecule has 0 saturated heterocycles. The fourth-order valence-corrected chi connectivity index (χ4v) is 1.61. The van der Waals surface area contributed by atoms with Gasteiger partial charge in [0.05, 0.1) is 6.61 Å². The van der Waals surface area contributed by atoms with Crippen LogP contribution in [0.2, 0.25) is 0 Å². The number of halogens is 3. The SMILES string of the molecule is CCNc1ccnc(C(=O)N(CCO)CC(F)(F)F)c1. The number of hydrogen-bond acceptors (Lipinski definition) is 4. The zero-order valence-electron chi connectivity index (χ0n) is 10.9. The van der Waals surface area contributed by atoms with Crippen LogP contribution in [0.25, 0.3) is 0 Å². The fraction of sp³-hybridized carbons (Fsp3) is 0.500. The summed E-state index contributed by atoms with van der Waals surface area (Å²) in [5.74, 6) is -0.865. The van der Waals surface area contributed by atoms with Crippen LogP contribution in [0.15, 0.2) is 18.3 Å². The molecule has 1 aromatic heterocycles. The van der Waals surface area contributed by atoms with Crippen LogP contribution in [0.4, 0.5) is 18.9 Å². The second-order valence-corrected chi connectivity index (χ2v) is 4.03. The summed E-state index contributed by atoms with van der Waals surface area (Å²) in [6.07, 6.45) is -3.18. The van der Waals surface area contributed by atoms with Crippen molar-refractivity contribution < 1.29 is 23.1 Å². The van der Waals surface area contributed by atoms with Crippen LogP contribution >= 0.6 is 0 Å². The first-order valence-corrected chi connectivity index (χ1v) is 6.04. The maximum Gasteiger partial charge on any atom is 0.406 e. The van der Waals surface area contributed by atoms with Crippen molar-refractivity contribution in [2.24, 2.45) is 0 Å². The Morgan fingerprint density at radius 3 is 2.75 bits per heavy atom. The first kappa shape index (κ1) is 16.2. The van der Waals surface area contributed by atoms with Gasteiger partial charge in [-0.15, -0.1) is 0 Å². The van der Waals surface area contributed by atoms with Crippen molar-refractivity contribution in [2.75, 3.05) is 31.6 Å². The molecule has 0 aliphatic heterocycles. The molecule has 0 radical (unpaired) electrons. The van der Waals surface area contributed by atoms with E-state index in [0.717, 1.165) is 0 Å². The standard InChI is InChI=1S/C12H16F3N3O2/c1-2-16-9-3-4-17-10(7-9)11(20)18(5-6-19)8-12(13,14)15/h3-4,7,19H,2,5-6,8H2,1H3,(H,16,17). The van der Waals surface area contributed by atoms with Crippen LogP contribution in [0, 0.1) is 0 Å². The minimum atomic E-state index is -4.52. The molecular formula is C12H16F3N3O2. The van der Waals surface area contributed by atoms with Crippen LogP contribution < -0.4 is 5.32 Å². The fourth-order valence-electron chi connectivity index (χ4n) is 1.61. The molecule has 0 saturated carbocycles. The third kappa shape index (κ3) is 5.04. The number of aliphatic hydroxyl groups is 1. The van der Waals surface area contributed by atoms with Crippen molar-refractivity contribution in [1.82, 2.24) is 9.88 Å². The third-order valence-corrected chi connectivity index (χ3v) is 2.39. The van der Waals surface area contributed by atoms with E-state index in [2.05, 4.69) is 10.3 Å². The number of aliphatic hydroxyl groups excluding tert-OH is 1. The van der Waals surface area contributed by atoms with Crippen molar-refractivity contribution in [3.05, 3.63) is 24.0 Å². The lowest BCUT2D eigenvalue weighted by atomic mass is 10.2. The zero-order chi connectivity index (χ0) is 15.2. The number of pyridine rings is 1. The van der Waals surface area contributed by atoms with E-state index < -0.39 is 31.8 Å². The lowest BCUT2D eigenvalue weighted by Crippen LogP contribution is -2.41. The second kappa shape index (κ2) is 7.09. The van der Waals surface area contributed by atoms with Gasteiger partial charge in [-0.3, -0.25) is 9.78 Å². The summed E-state index contributed by atoms with van der Waals surface area (Å²) < 4.78 is 37.2. The zero-order valence-corrected chi connectivity index (χ0v) is 10.9. The van der Waals surface area contributed by atoms with E-state index >= 15 is 0 Å². The molecule has 0 unspecified atom stereocenters. The lowest BCUT2D eigenvalue weighted by Gasteiger charge is -2.22. The summed E-state index contributed by atoms with van der Waals surface area (Å²) >= 11 is 0. The van der Waals surface area contributed by atoms with Crippen molar-refractivity contribution in [2.45, 2.75) is 13.1 Å². The Kier molecular flexibility index (Phi) is 5.75. The number of rotatable bonds is 6. The normalized spacial score (nSPS) is 11.2. The number of amides is 1. The first-order chi connectivity index (χ1) is 9.37. The highest BCUT2D eigenvalue weighted by Crippen LogP contribution is 2.18. The molecule has 0 aliphatic rings. The van der Waals surface area contributed by atoms with Crippen molar-refractivity contribution >= 4 is 11.6 Å². The van der Waals surface area contributed by atoms with Crippen LogP contribution in [0.5, 0.6) is 0 Å². The molecule has 0 aliphatic carbocycles. The number of carbonyl (C=O) groups excluding carboxylic acids is 1. The summed E-state index contributed by atoms with van der Waals surface area (Å²) in [5, 5.41) is 11.7. The number of carbonyl (C=O) groups is 1. The van der Waals surface area contributed by atoms with Crippen LogP contribution in [0.3, 0.4) is 0 Å². The van der Waals surface area contributed by atoms with Crippen LogP contribution in [0.1, 0.15) is 17.4 Å². The molecular weight excluding hydrogens is 275 g/mol. The summed E-state index contributed by atoms with van der Waals surface area (Å²) in [6.45, 7) is 0.101. The number of hydrogen-bond donors (Lipinski definition) is 2. The summed E-state index contributed by atoms with van der Waals surface area (Å²) in [7, 11) is 0. The minimum absolute atomic E-state index is 0.0962. The van der Waals surface area contributed by atoms with Gasteiger partial charge >= 0.3 is 6.18 Å². The van der Waals surface area contributed by atoms with Gasteiger partial charge in [0.2, 0.25) is 0 Å². The Balaban J connectivity index is 2.91. The highest BCUT2D eigenvalue weighted by molar-refractivity contribution is 5.93. The van der Waals surface area contributed by atoms with E-state index in [4.69, 9.17) is 5.11 Å². The van der Waals surface area contributed by atoms with Gasteiger partial charge < -0.3 is 15.3 Å². The van der Waals surface area contributed by atoms with Crippen molar-refractivity contribution in [3.8, 4) is 0 Å². The van der Waals surface area contributed by atoms with Gasteiger partial charge in [0, 0.05) is 25.0 Å². The molecule has 112 valence electrons. The Labute approximate surface area is 114 Å². The topological polar surface area (TPSA) is 65.5 Å². The van der Waals surface area contributed by atoms with E-state index in [1.165, 1.54) is 12.3 Å². The number of aromatic nitrogens is 1. The molecule has 2 N–H and O–H groups in total. The predicted molar refractivity (Wildman–Crippen MR) is 67.4 cm³/mol. The van der Waals surface area contributed by atoms with E-state index in [9.17, 15) is 18.0 Å². The van der Waals surface area contributed by atoms with Crippen molar-refractivity contribution in [3.63, 3.8) is 0 Å². The number of alkyl halides is 3. The lowest BCUT2D eigenvalue weighted by molar-refractivity contribution is -0.141. The second-order valence-electron chi connectivity index (χ2n) is 4.03. The summed E-state index contributed by atoms with van der Waals surface area (Å²) in [5.41, 5.74) is 0.503. The maximum absolute atomic E-state index is 12.4. The first-order valence-electron chi connectivity index (χ1n) is 6.04. The molecule has 5 nitrogen and oxygen atoms in total. The molecule has 0 bridgehead atoms.